The van der Waals surface area contributed by atoms with Crippen molar-refractivity contribution in [2.24, 2.45) is 0 Å². The fraction of sp³-hybridized carbons (Fsp3) is 0.143. The average Bonchev–Trinajstić information content (AvgIpc) is 2.41. The first-order valence-corrected chi connectivity index (χ1v) is 7.73. The second-order valence-electron chi connectivity index (χ2n) is 3.87. The van der Waals surface area contributed by atoms with Gasteiger partial charge in [-0.3, -0.25) is 0 Å². The minimum Gasteiger partial charge on any atom is -0.492 e. The summed E-state index contributed by atoms with van der Waals surface area (Å²) in [6.07, 6.45) is 0. The van der Waals surface area contributed by atoms with Gasteiger partial charge < -0.3 is 8.92 Å². The van der Waals surface area contributed by atoms with E-state index >= 15 is 0 Å². The van der Waals surface area contributed by atoms with Crippen LogP contribution < -0.4 is 8.92 Å². The monoisotopic (exact) mass is 312 g/mol. The van der Waals surface area contributed by atoms with Crippen LogP contribution in [0.5, 0.6) is 11.5 Å². The molecule has 0 N–H and O–H groups in total. The second kappa shape index (κ2) is 6.15. The Kier molecular flexibility index (Phi) is 4.52. The first-order valence-electron chi connectivity index (χ1n) is 5.95. The number of benzene rings is 2. The number of rotatable bonds is 5. The van der Waals surface area contributed by atoms with Crippen molar-refractivity contribution < 1.29 is 17.3 Å². The van der Waals surface area contributed by atoms with Crippen LogP contribution in [0.25, 0.3) is 0 Å². The quantitative estimate of drug-likeness (QED) is 0.793. The number of para-hydroxylation sites is 1. The van der Waals surface area contributed by atoms with E-state index in [1.165, 1.54) is 12.1 Å². The van der Waals surface area contributed by atoms with Gasteiger partial charge in [-0.05, 0) is 37.3 Å². The Morgan fingerprint density at radius 3 is 2.45 bits per heavy atom. The third-order valence-corrected chi connectivity index (χ3v) is 3.93. The van der Waals surface area contributed by atoms with Crippen LogP contribution in [-0.4, -0.2) is 15.0 Å². The van der Waals surface area contributed by atoms with Crippen LogP contribution in [0.4, 0.5) is 0 Å². The largest absolute Gasteiger partial charge is 0.492 e. The highest BCUT2D eigenvalue weighted by Crippen LogP contribution is 2.29. The van der Waals surface area contributed by atoms with Crippen LogP contribution >= 0.6 is 11.6 Å². The van der Waals surface area contributed by atoms with Crippen LogP contribution in [0, 0.1) is 0 Å². The van der Waals surface area contributed by atoms with E-state index < -0.39 is 10.1 Å². The molecule has 0 saturated carbocycles. The maximum absolute atomic E-state index is 12.3. The maximum Gasteiger partial charge on any atom is 0.342 e. The summed E-state index contributed by atoms with van der Waals surface area (Å²) in [5, 5.41) is 0.295. The van der Waals surface area contributed by atoms with E-state index in [-0.39, 0.29) is 16.4 Å². The molecule has 0 amide bonds. The molecule has 0 aliphatic carbocycles. The van der Waals surface area contributed by atoms with E-state index in [0.717, 1.165) is 0 Å². The standard InChI is InChI=1S/C14H13ClO4S/c1-2-18-13-9-8-11(15)10-14(13)20(16,17)19-12-6-4-3-5-7-12/h3-10H,2H2,1H3. The summed E-state index contributed by atoms with van der Waals surface area (Å²) < 4.78 is 34.9. The molecule has 6 heteroatoms. The lowest BCUT2D eigenvalue weighted by Crippen LogP contribution is -2.11. The van der Waals surface area contributed by atoms with E-state index in [1.807, 2.05) is 0 Å². The molecule has 2 rings (SSSR count). The van der Waals surface area contributed by atoms with Gasteiger partial charge in [0.25, 0.3) is 0 Å². The summed E-state index contributed by atoms with van der Waals surface area (Å²) in [7, 11) is -4.00. The van der Waals surface area contributed by atoms with Crippen LogP contribution in [-0.2, 0) is 10.1 Å². The van der Waals surface area contributed by atoms with Crippen LogP contribution in [0.15, 0.2) is 53.4 Å². The molecule has 0 saturated heterocycles. The summed E-state index contributed by atoms with van der Waals surface area (Å²) in [5.74, 6) is 0.447. The number of hydrogen-bond donors (Lipinski definition) is 0. The van der Waals surface area contributed by atoms with Crippen LogP contribution in [0.1, 0.15) is 6.92 Å². The first kappa shape index (κ1) is 14.7. The number of ether oxygens (including phenoxy) is 1. The van der Waals surface area contributed by atoms with Gasteiger partial charge >= 0.3 is 10.1 Å². The fourth-order valence-electron chi connectivity index (χ4n) is 1.60. The van der Waals surface area contributed by atoms with Crippen molar-refractivity contribution in [1.82, 2.24) is 0 Å². The predicted molar refractivity (Wildman–Crippen MR) is 76.9 cm³/mol. The normalized spacial score (nSPS) is 11.1. The molecule has 0 heterocycles. The highest BCUT2D eigenvalue weighted by atomic mass is 35.5. The molecule has 0 radical (unpaired) electrons. The Labute approximate surface area is 123 Å². The molecule has 0 spiro atoms. The van der Waals surface area contributed by atoms with Crippen molar-refractivity contribution >= 4 is 21.7 Å². The first-order chi connectivity index (χ1) is 9.53. The van der Waals surface area contributed by atoms with Gasteiger partial charge in [0.1, 0.15) is 16.4 Å². The van der Waals surface area contributed by atoms with Crippen molar-refractivity contribution in [2.75, 3.05) is 6.61 Å². The molecule has 20 heavy (non-hydrogen) atoms. The van der Waals surface area contributed by atoms with Gasteiger partial charge in [-0.2, -0.15) is 8.42 Å². The smallest absolute Gasteiger partial charge is 0.342 e. The second-order valence-corrected chi connectivity index (χ2v) is 5.83. The van der Waals surface area contributed by atoms with Gasteiger partial charge in [0.05, 0.1) is 6.61 Å². The predicted octanol–water partition coefficient (Wildman–Crippen LogP) is 3.51. The van der Waals surface area contributed by atoms with Gasteiger partial charge in [-0.25, -0.2) is 0 Å². The minimum atomic E-state index is -4.00. The molecule has 0 bridgehead atoms. The van der Waals surface area contributed by atoms with Gasteiger partial charge in [0.2, 0.25) is 0 Å². The Morgan fingerprint density at radius 2 is 1.80 bits per heavy atom. The summed E-state index contributed by atoms with van der Waals surface area (Å²) in [6.45, 7) is 2.11. The Morgan fingerprint density at radius 1 is 1.10 bits per heavy atom. The maximum atomic E-state index is 12.3. The Bertz CT molecular complexity index is 684. The van der Waals surface area contributed by atoms with Crippen molar-refractivity contribution in [3.8, 4) is 11.5 Å². The van der Waals surface area contributed by atoms with E-state index in [9.17, 15) is 8.42 Å². The minimum absolute atomic E-state index is 0.0873. The molecule has 0 unspecified atom stereocenters. The van der Waals surface area contributed by atoms with E-state index in [0.29, 0.717) is 11.6 Å². The molecular weight excluding hydrogens is 300 g/mol. The van der Waals surface area contributed by atoms with Gasteiger partial charge in [0.15, 0.2) is 0 Å². The fourth-order valence-corrected chi connectivity index (χ4v) is 2.94. The molecule has 0 atom stereocenters. The Balaban J connectivity index is 2.41. The van der Waals surface area contributed by atoms with Crippen molar-refractivity contribution in [2.45, 2.75) is 11.8 Å². The zero-order valence-electron chi connectivity index (χ0n) is 10.7. The zero-order chi connectivity index (χ0) is 14.6. The van der Waals surface area contributed by atoms with Crippen molar-refractivity contribution in [3.63, 3.8) is 0 Å². The molecule has 0 aromatic heterocycles. The SMILES string of the molecule is CCOc1ccc(Cl)cc1S(=O)(=O)Oc1ccccc1. The van der Waals surface area contributed by atoms with Crippen LogP contribution in [0.2, 0.25) is 5.02 Å². The topological polar surface area (TPSA) is 52.6 Å². The summed E-state index contributed by atoms with van der Waals surface area (Å²) >= 11 is 5.85. The highest BCUT2D eigenvalue weighted by Gasteiger charge is 2.22. The lowest BCUT2D eigenvalue weighted by Gasteiger charge is -2.12. The Hall–Kier alpha value is -1.72. The third-order valence-electron chi connectivity index (χ3n) is 2.42. The van der Waals surface area contributed by atoms with E-state index in [4.69, 9.17) is 20.5 Å². The zero-order valence-corrected chi connectivity index (χ0v) is 12.3. The van der Waals surface area contributed by atoms with E-state index in [2.05, 4.69) is 0 Å². The molecule has 4 nitrogen and oxygen atoms in total. The molecule has 0 aliphatic heterocycles. The van der Waals surface area contributed by atoms with Crippen molar-refractivity contribution in [3.05, 3.63) is 53.6 Å². The average molecular weight is 313 g/mol. The number of halogens is 1. The summed E-state index contributed by atoms with van der Waals surface area (Å²) in [4.78, 5) is -0.0873. The van der Waals surface area contributed by atoms with Crippen LogP contribution in [0.3, 0.4) is 0 Å². The summed E-state index contributed by atoms with van der Waals surface area (Å²) in [6, 6.07) is 12.6. The number of hydrogen-bond acceptors (Lipinski definition) is 4. The van der Waals surface area contributed by atoms with Gasteiger partial charge in [-0.1, -0.05) is 29.8 Å². The van der Waals surface area contributed by atoms with E-state index in [1.54, 1.807) is 43.3 Å². The molecule has 0 aliphatic rings. The lowest BCUT2D eigenvalue weighted by molar-refractivity contribution is 0.329. The molecule has 2 aromatic carbocycles. The lowest BCUT2D eigenvalue weighted by atomic mass is 10.3. The molecule has 106 valence electrons. The molecular formula is C14H13ClO4S. The molecule has 0 fully saturated rings. The van der Waals surface area contributed by atoms with Gasteiger partial charge in [-0.15, -0.1) is 0 Å². The van der Waals surface area contributed by atoms with Crippen molar-refractivity contribution in [1.29, 1.82) is 0 Å². The third kappa shape index (κ3) is 3.43. The highest BCUT2D eigenvalue weighted by molar-refractivity contribution is 7.87. The summed E-state index contributed by atoms with van der Waals surface area (Å²) in [5.41, 5.74) is 0. The molecule has 2 aromatic rings. The van der Waals surface area contributed by atoms with Gasteiger partial charge in [0, 0.05) is 5.02 Å².